The highest BCUT2D eigenvalue weighted by Crippen LogP contribution is 2.28. The van der Waals surface area contributed by atoms with Crippen LogP contribution >= 0.6 is 11.8 Å². The standard InChI is InChI=1S/C6H5F3N2S/c1-12-5-10-2-4(3-11-5)6(7,8)9/h2-3H,1H3. The lowest BCUT2D eigenvalue weighted by atomic mass is 10.3. The van der Waals surface area contributed by atoms with E-state index in [4.69, 9.17) is 0 Å². The van der Waals surface area contributed by atoms with Crippen LogP contribution < -0.4 is 0 Å². The van der Waals surface area contributed by atoms with Crippen molar-refractivity contribution in [2.75, 3.05) is 6.26 Å². The molecule has 0 aromatic carbocycles. The molecule has 0 radical (unpaired) electrons. The minimum atomic E-state index is -4.35. The Morgan fingerprint density at radius 2 is 1.75 bits per heavy atom. The average Bonchev–Trinajstić information content (AvgIpc) is 2.03. The number of alkyl halides is 3. The van der Waals surface area contributed by atoms with Crippen LogP contribution in [0.25, 0.3) is 0 Å². The summed E-state index contributed by atoms with van der Waals surface area (Å²) in [5.41, 5.74) is -0.819. The summed E-state index contributed by atoms with van der Waals surface area (Å²) < 4.78 is 35.8. The number of nitrogens with zero attached hydrogens (tertiary/aromatic N) is 2. The number of thioether (sulfide) groups is 1. The van der Waals surface area contributed by atoms with Crippen molar-refractivity contribution in [3.63, 3.8) is 0 Å². The van der Waals surface area contributed by atoms with Gasteiger partial charge >= 0.3 is 6.18 Å². The monoisotopic (exact) mass is 194 g/mol. The molecule has 0 saturated carbocycles. The van der Waals surface area contributed by atoms with Gasteiger partial charge in [0.25, 0.3) is 0 Å². The van der Waals surface area contributed by atoms with Gasteiger partial charge in [0.05, 0.1) is 5.56 Å². The molecule has 0 bridgehead atoms. The van der Waals surface area contributed by atoms with Crippen molar-refractivity contribution in [1.82, 2.24) is 9.97 Å². The molecule has 0 aliphatic heterocycles. The van der Waals surface area contributed by atoms with Crippen LogP contribution in [-0.4, -0.2) is 16.2 Å². The predicted molar refractivity (Wildman–Crippen MR) is 38.8 cm³/mol. The Hall–Kier alpha value is -0.780. The van der Waals surface area contributed by atoms with E-state index in [0.29, 0.717) is 5.16 Å². The Morgan fingerprint density at radius 1 is 1.25 bits per heavy atom. The largest absolute Gasteiger partial charge is 0.419 e. The van der Waals surface area contributed by atoms with Crippen molar-refractivity contribution in [1.29, 1.82) is 0 Å². The molecule has 0 aliphatic rings. The first-order valence-electron chi connectivity index (χ1n) is 2.97. The Balaban J connectivity index is 2.93. The van der Waals surface area contributed by atoms with Gasteiger partial charge in [0, 0.05) is 12.4 Å². The van der Waals surface area contributed by atoms with E-state index in [1.165, 1.54) is 11.8 Å². The fourth-order valence-corrected chi connectivity index (χ4v) is 0.884. The highest BCUT2D eigenvalue weighted by Gasteiger charge is 2.31. The van der Waals surface area contributed by atoms with Crippen molar-refractivity contribution < 1.29 is 13.2 Å². The average molecular weight is 194 g/mol. The van der Waals surface area contributed by atoms with Gasteiger partial charge in [-0.2, -0.15) is 13.2 Å². The summed E-state index contributed by atoms with van der Waals surface area (Å²) in [5.74, 6) is 0. The van der Waals surface area contributed by atoms with Crippen LogP contribution in [0.5, 0.6) is 0 Å². The molecule has 1 heterocycles. The summed E-state index contributed by atoms with van der Waals surface area (Å²) in [5, 5.41) is 0.336. The first kappa shape index (κ1) is 9.31. The van der Waals surface area contributed by atoms with Crippen LogP contribution in [0, 0.1) is 0 Å². The van der Waals surface area contributed by atoms with E-state index < -0.39 is 11.7 Å². The van der Waals surface area contributed by atoms with Gasteiger partial charge in [0.2, 0.25) is 0 Å². The molecule has 6 heteroatoms. The highest BCUT2D eigenvalue weighted by atomic mass is 32.2. The van der Waals surface area contributed by atoms with E-state index in [9.17, 15) is 13.2 Å². The Morgan fingerprint density at radius 3 is 2.08 bits per heavy atom. The quantitative estimate of drug-likeness (QED) is 0.506. The van der Waals surface area contributed by atoms with E-state index in [2.05, 4.69) is 9.97 Å². The van der Waals surface area contributed by atoms with Crippen LogP contribution in [0.15, 0.2) is 17.6 Å². The second-order valence-corrected chi connectivity index (χ2v) is 2.73. The van der Waals surface area contributed by atoms with Gasteiger partial charge < -0.3 is 0 Å². The SMILES string of the molecule is CSc1ncc(C(F)(F)F)cn1. The molecule has 0 saturated heterocycles. The molecule has 0 fully saturated rings. The molecule has 0 spiro atoms. The van der Waals surface area contributed by atoms with Gasteiger partial charge in [-0.1, -0.05) is 11.8 Å². The van der Waals surface area contributed by atoms with E-state index in [-0.39, 0.29) is 0 Å². The fourth-order valence-electron chi connectivity index (χ4n) is 0.568. The molecule has 0 N–H and O–H groups in total. The smallest absolute Gasteiger partial charge is 0.231 e. The van der Waals surface area contributed by atoms with Crippen molar-refractivity contribution in [2.24, 2.45) is 0 Å². The first-order chi connectivity index (χ1) is 5.54. The number of hydrogen-bond acceptors (Lipinski definition) is 3. The van der Waals surface area contributed by atoms with Crippen LogP contribution in [0.1, 0.15) is 5.56 Å². The lowest BCUT2D eigenvalue weighted by molar-refractivity contribution is -0.138. The van der Waals surface area contributed by atoms with Gasteiger partial charge in [-0.05, 0) is 6.26 Å². The van der Waals surface area contributed by atoms with Gasteiger partial charge in [-0.25, -0.2) is 9.97 Å². The summed E-state index contributed by atoms with van der Waals surface area (Å²) in [6, 6.07) is 0. The summed E-state index contributed by atoms with van der Waals surface area (Å²) >= 11 is 1.20. The Bertz CT molecular complexity index is 256. The second-order valence-electron chi connectivity index (χ2n) is 1.96. The van der Waals surface area contributed by atoms with Gasteiger partial charge in [-0.15, -0.1) is 0 Å². The van der Waals surface area contributed by atoms with Crippen molar-refractivity contribution in [2.45, 2.75) is 11.3 Å². The molecule has 0 unspecified atom stereocenters. The van der Waals surface area contributed by atoms with Gasteiger partial charge in [0.15, 0.2) is 5.16 Å². The van der Waals surface area contributed by atoms with E-state index in [0.717, 1.165) is 12.4 Å². The predicted octanol–water partition coefficient (Wildman–Crippen LogP) is 2.22. The Labute approximate surface area is 71.2 Å². The van der Waals surface area contributed by atoms with Crippen molar-refractivity contribution in [3.05, 3.63) is 18.0 Å². The van der Waals surface area contributed by atoms with Gasteiger partial charge in [0.1, 0.15) is 0 Å². The normalized spacial score (nSPS) is 11.7. The van der Waals surface area contributed by atoms with Crippen molar-refractivity contribution >= 4 is 11.8 Å². The number of hydrogen-bond donors (Lipinski definition) is 0. The number of halogens is 3. The van der Waals surface area contributed by atoms with Crippen LogP contribution in [-0.2, 0) is 6.18 Å². The molecular weight excluding hydrogens is 189 g/mol. The third-order valence-electron chi connectivity index (χ3n) is 1.14. The maximum Gasteiger partial charge on any atom is 0.419 e. The zero-order valence-corrected chi connectivity index (χ0v) is 6.91. The molecule has 1 aromatic rings. The maximum absolute atomic E-state index is 11.9. The summed E-state index contributed by atoms with van der Waals surface area (Å²) in [4.78, 5) is 6.99. The molecular formula is C6H5F3N2S. The third kappa shape index (κ3) is 2.10. The minimum Gasteiger partial charge on any atom is -0.231 e. The lowest BCUT2D eigenvalue weighted by Gasteiger charge is -2.04. The number of aromatic nitrogens is 2. The molecule has 0 atom stereocenters. The first-order valence-corrected chi connectivity index (χ1v) is 4.20. The fraction of sp³-hybridized carbons (Fsp3) is 0.333. The topological polar surface area (TPSA) is 25.8 Å². The summed E-state index contributed by atoms with van der Waals surface area (Å²) in [7, 11) is 0. The maximum atomic E-state index is 11.9. The molecule has 12 heavy (non-hydrogen) atoms. The van der Waals surface area contributed by atoms with E-state index in [1.807, 2.05) is 0 Å². The summed E-state index contributed by atoms with van der Waals surface area (Å²) in [6.45, 7) is 0. The third-order valence-corrected chi connectivity index (χ3v) is 1.71. The molecule has 1 aromatic heterocycles. The molecule has 1 rings (SSSR count). The van der Waals surface area contributed by atoms with Crippen LogP contribution in [0.2, 0.25) is 0 Å². The minimum absolute atomic E-state index is 0.336. The number of rotatable bonds is 1. The molecule has 66 valence electrons. The molecule has 2 nitrogen and oxygen atoms in total. The zero-order chi connectivity index (χ0) is 9.19. The van der Waals surface area contributed by atoms with Crippen molar-refractivity contribution in [3.8, 4) is 0 Å². The zero-order valence-electron chi connectivity index (χ0n) is 6.09. The van der Waals surface area contributed by atoms with E-state index >= 15 is 0 Å². The Kier molecular flexibility index (Phi) is 2.56. The van der Waals surface area contributed by atoms with Crippen LogP contribution in [0.3, 0.4) is 0 Å². The molecule has 0 aliphatic carbocycles. The highest BCUT2D eigenvalue weighted by molar-refractivity contribution is 7.98. The second kappa shape index (κ2) is 3.30. The van der Waals surface area contributed by atoms with E-state index in [1.54, 1.807) is 6.26 Å². The summed E-state index contributed by atoms with van der Waals surface area (Å²) in [6.07, 6.45) is -1.10. The lowest BCUT2D eigenvalue weighted by Crippen LogP contribution is -2.06. The molecule has 0 amide bonds. The van der Waals surface area contributed by atoms with Gasteiger partial charge in [-0.3, -0.25) is 0 Å². The van der Waals surface area contributed by atoms with Crippen LogP contribution in [0.4, 0.5) is 13.2 Å².